The maximum Gasteiger partial charge on any atom is 0.471 e. The van der Waals surface area contributed by atoms with Crippen molar-refractivity contribution < 1.29 is 27.5 Å². The van der Waals surface area contributed by atoms with Crippen LogP contribution in [-0.4, -0.2) is 34.3 Å². The summed E-state index contributed by atoms with van der Waals surface area (Å²) < 4.78 is 46.9. The number of aryl methyl sites for hydroxylation is 1. The number of esters is 1. The Balaban J connectivity index is 1.85. The molecular formula is C28H25F3N6O3. The number of carbonyl (C=O) groups excluding carboxylic acids is 2. The maximum absolute atomic E-state index is 13.6. The number of amidine groups is 2. The van der Waals surface area contributed by atoms with Crippen LogP contribution in [0.4, 0.5) is 18.9 Å². The van der Waals surface area contributed by atoms with Crippen LogP contribution in [0.2, 0.25) is 0 Å². The molecule has 1 amide bonds. The summed E-state index contributed by atoms with van der Waals surface area (Å²) in [6.45, 7) is 1.37. The SMILES string of the molecule is Cc1cccc2c1c(NC(=O)C(F)(F)F)c(C(=O)OCc1cccc(C(=N)N)c1)n2Cc1cccc(C(=N)N)c1. The molecule has 0 fully saturated rings. The number of rotatable bonds is 8. The highest BCUT2D eigenvalue weighted by Crippen LogP contribution is 2.36. The molecule has 206 valence electrons. The van der Waals surface area contributed by atoms with Crippen molar-refractivity contribution in [2.45, 2.75) is 26.3 Å². The summed E-state index contributed by atoms with van der Waals surface area (Å²) >= 11 is 0. The molecule has 4 aromatic rings. The quantitative estimate of drug-likeness (QED) is 0.125. The van der Waals surface area contributed by atoms with Crippen molar-refractivity contribution in [3.63, 3.8) is 0 Å². The number of carbonyl (C=O) groups is 2. The predicted octanol–water partition coefficient (Wildman–Crippen LogP) is 4.42. The Morgan fingerprint density at radius 3 is 2.10 bits per heavy atom. The van der Waals surface area contributed by atoms with Gasteiger partial charge in [-0.2, -0.15) is 13.2 Å². The summed E-state index contributed by atoms with van der Waals surface area (Å²) in [6.07, 6.45) is -5.21. The standard InChI is InChI=1S/C28H25F3N6O3/c1-15-5-2-10-20-21(15)22(36-27(39)28(29,30)31)23(37(20)13-16-6-3-8-18(11-16)24(32)33)26(38)40-14-17-7-4-9-19(12-17)25(34)35/h2-12H,13-14H2,1H3,(H3,32,33)(H3,34,35)(H,36,39). The van der Waals surface area contributed by atoms with Crippen LogP contribution in [-0.2, 0) is 22.7 Å². The average Bonchev–Trinajstić information content (AvgIpc) is 3.20. The minimum atomic E-state index is -5.21. The summed E-state index contributed by atoms with van der Waals surface area (Å²) in [5.41, 5.74) is 13.3. The predicted molar refractivity (Wildman–Crippen MR) is 144 cm³/mol. The molecule has 1 heterocycles. The second-order valence-electron chi connectivity index (χ2n) is 9.03. The van der Waals surface area contributed by atoms with Gasteiger partial charge in [-0.1, -0.05) is 48.5 Å². The highest BCUT2D eigenvalue weighted by atomic mass is 19.4. The Morgan fingerprint density at radius 1 is 0.925 bits per heavy atom. The van der Waals surface area contributed by atoms with Crippen LogP contribution in [0.5, 0.6) is 0 Å². The molecule has 0 saturated heterocycles. The number of anilines is 1. The van der Waals surface area contributed by atoms with Crippen molar-refractivity contribution in [2.75, 3.05) is 5.32 Å². The van der Waals surface area contributed by atoms with Crippen LogP contribution < -0.4 is 16.8 Å². The third kappa shape index (κ3) is 5.80. The first kappa shape index (κ1) is 27.9. The van der Waals surface area contributed by atoms with E-state index < -0.39 is 18.1 Å². The Hall–Kier alpha value is -5.13. The molecular weight excluding hydrogens is 525 g/mol. The van der Waals surface area contributed by atoms with Gasteiger partial charge in [-0.15, -0.1) is 0 Å². The number of ether oxygens (including phenoxy) is 1. The molecule has 0 radical (unpaired) electrons. The highest BCUT2D eigenvalue weighted by molar-refractivity contribution is 6.13. The third-order valence-corrected chi connectivity index (χ3v) is 6.17. The van der Waals surface area contributed by atoms with Crippen LogP contribution in [0.25, 0.3) is 10.9 Å². The summed E-state index contributed by atoms with van der Waals surface area (Å²) in [6, 6.07) is 18.0. The normalized spacial score (nSPS) is 11.3. The van der Waals surface area contributed by atoms with Gasteiger partial charge in [0.2, 0.25) is 0 Å². The number of aromatic nitrogens is 1. The summed E-state index contributed by atoms with van der Waals surface area (Å²) in [7, 11) is 0. The second kappa shape index (κ2) is 10.9. The van der Waals surface area contributed by atoms with Crippen molar-refractivity contribution in [3.8, 4) is 0 Å². The van der Waals surface area contributed by atoms with E-state index in [2.05, 4.69) is 0 Å². The van der Waals surface area contributed by atoms with Crippen molar-refractivity contribution in [3.05, 3.63) is 100 Å². The lowest BCUT2D eigenvalue weighted by Gasteiger charge is -2.14. The molecule has 0 aliphatic rings. The van der Waals surface area contributed by atoms with E-state index in [1.165, 1.54) is 4.57 Å². The number of hydrogen-bond acceptors (Lipinski definition) is 5. The van der Waals surface area contributed by atoms with Gasteiger partial charge < -0.3 is 26.1 Å². The van der Waals surface area contributed by atoms with Gasteiger partial charge in [-0.3, -0.25) is 15.6 Å². The molecule has 0 aliphatic heterocycles. The minimum Gasteiger partial charge on any atom is -0.456 e. The lowest BCUT2D eigenvalue weighted by Crippen LogP contribution is -2.30. The molecule has 40 heavy (non-hydrogen) atoms. The van der Waals surface area contributed by atoms with E-state index in [1.807, 2.05) is 5.32 Å². The molecule has 7 N–H and O–H groups in total. The van der Waals surface area contributed by atoms with Crippen LogP contribution in [0.3, 0.4) is 0 Å². The topological polar surface area (TPSA) is 160 Å². The number of nitrogens with one attached hydrogen (secondary N) is 3. The Morgan fingerprint density at radius 2 is 1.50 bits per heavy atom. The molecule has 0 saturated carbocycles. The van der Waals surface area contributed by atoms with Crippen LogP contribution in [0, 0.1) is 17.7 Å². The van der Waals surface area contributed by atoms with Gasteiger partial charge in [0.15, 0.2) is 5.69 Å². The van der Waals surface area contributed by atoms with Gasteiger partial charge in [-0.05, 0) is 41.8 Å². The maximum atomic E-state index is 13.6. The van der Waals surface area contributed by atoms with Gasteiger partial charge in [0, 0.05) is 23.1 Å². The number of nitrogen functional groups attached to an aromatic ring is 2. The number of hydrogen-bond donors (Lipinski definition) is 5. The van der Waals surface area contributed by atoms with E-state index in [9.17, 15) is 22.8 Å². The molecule has 1 aromatic heterocycles. The van der Waals surface area contributed by atoms with E-state index in [-0.39, 0.29) is 41.6 Å². The fourth-order valence-electron chi connectivity index (χ4n) is 4.32. The van der Waals surface area contributed by atoms with Gasteiger partial charge in [-0.25, -0.2) is 4.79 Å². The molecule has 3 aromatic carbocycles. The molecule has 0 spiro atoms. The number of nitrogens with zero attached hydrogens (tertiary/aromatic N) is 1. The van der Waals surface area contributed by atoms with E-state index in [1.54, 1.807) is 73.7 Å². The Labute approximate surface area is 226 Å². The number of halogens is 3. The highest BCUT2D eigenvalue weighted by Gasteiger charge is 2.40. The van der Waals surface area contributed by atoms with E-state index >= 15 is 0 Å². The van der Waals surface area contributed by atoms with E-state index in [0.29, 0.717) is 33.3 Å². The Kier molecular flexibility index (Phi) is 7.62. The zero-order chi connectivity index (χ0) is 29.2. The molecule has 0 aliphatic carbocycles. The third-order valence-electron chi connectivity index (χ3n) is 6.17. The summed E-state index contributed by atoms with van der Waals surface area (Å²) in [4.78, 5) is 25.6. The molecule has 0 bridgehead atoms. The lowest BCUT2D eigenvalue weighted by atomic mass is 10.1. The number of alkyl halides is 3. The van der Waals surface area contributed by atoms with Crippen molar-refractivity contribution in [1.82, 2.24) is 4.57 Å². The minimum absolute atomic E-state index is 0.00673. The monoisotopic (exact) mass is 550 g/mol. The first-order valence-electron chi connectivity index (χ1n) is 11.9. The van der Waals surface area contributed by atoms with Crippen LogP contribution >= 0.6 is 0 Å². The lowest BCUT2D eigenvalue weighted by molar-refractivity contribution is -0.167. The van der Waals surface area contributed by atoms with Crippen molar-refractivity contribution in [1.29, 1.82) is 10.8 Å². The van der Waals surface area contributed by atoms with E-state index in [4.69, 9.17) is 27.0 Å². The summed E-state index contributed by atoms with van der Waals surface area (Å²) in [5.74, 6) is -3.59. The molecule has 0 unspecified atom stereocenters. The molecule has 9 nitrogen and oxygen atoms in total. The zero-order valence-electron chi connectivity index (χ0n) is 21.2. The zero-order valence-corrected chi connectivity index (χ0v) is 21.2. The second-order valence-corrected chi connectivity index (χ2v) is 9.03. The number of nitrogens with two attached hydrogens (primary N) is 2. The van der Waals surface area contributed by atoms with Crippen molar-refractivity contribution >= 4 is 40.1 Å². The van der Waals surface area contributed by atoms with Crippen LogP contribution in [0.1, 0.15) is 38.3 Å². The van der Waals surface area contributed by atoms with Crippen LogP contribution in [0.15, 0.2) is 66.7 Å². The molecule has 12 heteroatoms. The number of benzene rings is 3. The van der Waals surface area contributed by atoms with Gasteiger partial charge in [0.1, 0.15) is 18.3 Å². The Bertz CT molecular complexity index is 1660. The average molecular weight is 551 g/mol. The van der Waals surface area contributed by atoms with Crippen molar-refractivity contribution in [2.24, 2.45) is 11.5 Å². The van der Waals surface area contributed by atoms with Gasteiger partial charge in [0.05, 0.1) is 11.2 Å². The van der Waals surface area contributed by atoms with Gasteiger partial charge in [0.25, 0.3) is 0 Å². The largest absolute Gasteiger partial charge is 0.471 e. The van der Waals surface area contributed by atoms with Gasteiger partial charge >= 0.3 is 18.1 Å². The smallest absolute Gasteiger partial charge is 0.456 e. The van der Waals surface area contributed by atoms with E-state index in [0.717, 1.165) is 0 Å². The molecule has 0 atom stereocenters. The first-order chi connectivity index (χ1) is 18.9. The fraction of sp³-hybridized carbons (Fsp3) is 0.143. The number of amides is 1. The summed E-state index contributed by atoms with van der Waals surface area (Å²) in [5, 5.41) is 17.5. The fourth-order valence-corrected chi connectivity index (χ4v) is 4.32. The number of fused-ring (bicyclic) bond motifs is 1. The first-order valence-corrected chi connectivity index (χ1v) is 11.9. The molecule has 4 rings (SSSR count).